The Hall–Kier alpha value is -1.13. The normalized spacial score (nSPS) is 26.1. The number of hydrogen-bond acceptors (Lipinski definition) is 3. The van der Waals surface area contributed by atoms with Crippen molar-refractivity contribution in [1.82, 2.24) is 10.2 Å². The Labute approximate surface area is 101 Å². The smallest absolute Gasteiger partial charge is 0.127 e. The number of hydrogen-bond donors (Lipinski definition) is 2. The zero-order valence-corrected chi connectivity index (χ0v) is 10.3. The van der Waals surface area contributed by atoms with Crippen LogP contribution in [0.25, 0.3) is 0 Å². The molecule has 0 amide bonds. The predicted molar refractivity (Wildman–Crippen MR) is 65.4 cm³/mol. The van der Waals surface area contributed by atoms with Crippen molar-refractivity contribution in [2.75, 3.05) is 13.1 Å². The summed E-state index contributed by atoms with van der Waals surface area (Å²) >= 11 is 0. The van der Waals surface area contributed by atoms with E-state index in [-0.39, 0.29) is 11.6 Å². The third-order valence-corrected chi connectivity index (χ3v) is 2.98. The van der Waals surface area contributed by atoms with Gasteiger partial charge in [0.15, 0.2) is 0 Å². The van der Waals surface area contributed by atoms with Gasteiger partial charge in [0.25, 0.3) is 0 Å². The first-order valence-electron chi connectivity index (χ1n) is 6.00. The summed E-state index contributed by atoms with van der Waals surface area (Å²) in [5, 5.41) is 12.8. The van der Waals surface area contributed by atoms with Crippen molar-refractivity contribution < 1.29 is 9.50 Å². The zero-order valence-electron chi connectivity index (χ0n) is 10.3. The standard InChI is InChI=1S/C13H19FN2O/c1-9-6-16(7-10(2)15-9)8-11-3-12(14)5-13(17)4-11/h3-5,9-10,15,17H,6-8H2,1-2H3. The van der Waals surface area contributed by atoms with Gasteiger partial charge in [-0.15, -0.1) is 0 Å². The lowest BCUT2D eigenvalue weighted by atomic mass is 10.1. The van der Waals surface area contributed by atoms with E-state index in [1.165, 1.54) is 6.07 Å². The molecule has 3 nitrogen and oxygen atoms in total. The van der Waals surface area contributed by atoms with E-state index in [2.05, 4.69) is 24.1 Å². The van der Waals surface area contributed by atoms with Gasteiger partial charge < -0.3 is 10.4 Å². The number of rotatable bonds is 2. The monoisotopic (exact) mass is 238 g/mol. The summed E-state index contributed by atoms with van der Waals surface area (Å²) in [6.45, 7) is 6.86. The molecule has 2 N–H and O–H groups in total. The van der Waals surface area contributed by atoms with Crippen LogP contribution in [0, 0.1) is 5.82 Å². The fourth-order valence-corrected chi connectivity index (χ4v) is 2.55. The summed E-state index contributed by atoms with van der Waals surface area (Å²) in [4.78, 5) is 2.28. The van der Waals surface area contributed by atoms with Crippen molar-refractivity contribution >= 4 is 0 Å². The number of aromatic hydroxyl groups is 1. The first-order chi connectivity index (χ1) is 8.02. The van der Waals surface area contributed by atoms with Gasteiger partial charge in [0.05, 0.1) is 0 Å². The van der Waals surface area contributed by atoms with E-state index >= 15 is 0 Å². The first-order valence-corrected chi connectivity index (χ1v) is 6.00. The topological polar surface area (TPSA) is 35.5 Å². The second kappa shape index (κ2) is 5.02. The lowest BCUT2D eigenvalue weighted by molar-refractivity contribution is 0.166. The van der Waals surface area contributed by atoms with Gasteiger partial charge in [0, 0.05) is 37.8 Å². The number of nitrogens with one attached hydrogen (secondary N) is 1. The number of halogens is 1. The molecule has 0 radical (unpaired) electrons. The second-order valence-electron chi connectivity index (χ2n) is 4.98. The summed E-state index contributed by atoms with van der Waals surface area (Å²) in [5.74, 6) is -0.382. The van der Waals surface area contributed by atoms with Crippen LogP contribution in [0.3, 0.4) is 0 Å². The van der Waals surface area contributed by atoms with Crippen LogP contribution >= 0.6 is 0 Å². The van der Waals surface area contributed by atoms with Crippen LogP contribution in [0.4, 0.5) is 4.39 Å². The van der Waals surface area contributed by atoms with Gasteiger partial charge in [-0.05, 0) is 31.5 Å². The molecule has 17 heavy (non-hydrogen) atoms. The van der Waals surface area contributed by atoms with Crippen molar-refractivity contribution in [3.63, 3.8) is 0 Å². The van der Waals surface area contributed by atoms with E-state index in [1.54, 1.807) is 6.07 Å². The third kappa shape index (κ3) is 3.41. The molecule has 1 aromatic rings. The molecule has 1 aliphatic rings. The van der Waals surface area contributed by atoms with Crippen molar-refractivity contribution in [3.8, 4) is 5.75 Å². The maximum Gasteiger partial charge on any atom is 0.127 e. The highest BCUT2D eigenvalue weighted by Gasteiger charge is 2.20. The van der Waals surface area contributed by atoms with Crippen LogP contribution in [-0.4, -0.2) is 35.2 Å². The number of benzene rings is 1. The number of piperazine rings is 1. The summed E-state index contributed by atoms with van der Waals surface area (Å²) in [6, 6.07) is 5.13. The van der Waals surface area contributed by atoms with E-state index in [1.807, 2.05) is 0 Å². The Bertz CT molecular complexity index is 367. The minimum absolute atomic E-state index is 0.00349. The Balaban J connectivity index is 2.04. The maximum absolute atomic E-state index is 13.1. The maximum atomic E-state index is 13.1. The highest BCUT2D eigenvalue weighted by atomic mass is 19.1. The third-order valence-electron chi connectivity index (χ3n) is 2.98. The largest absolute Gasteiger partial charge is 0.508 e. The van der Waals surface area contributed by atoms with Crippen LogP contribution in [0.15, 0.2) is 18.2 Å². The fraction of sp³-hybridized carbons (Fsp3) is 0.538. The lowest BCUT2D eigenvalue weighted by Crippen LogP contribution is -2.53. The van der Waals surface area contributed by atoms with E-state index in [4.69, 9.17) is 0 Å². The molecule has 1 fully saturated rings. The molecule has 0 spiro atoms. The van der Waals surface area contributed by atoms with Crippen LogP contribution < -0.4 is 5.32 Å². The van der Waals surface area contributed by atoms with Crippen LogP contribution in [-0.2, 0) is 6.54 Å². The van der Waals surface area contributed by atoms with Crippen LogP contribution in [0.5, 0.6) is 5.75 Å². The quantitative estimate of drug-likeness (QED) is 0.823. The number of nitrogens with zero attached hydrogens (tertiary/aromatic N) is 1. The van der Waals surface area contributed by atoms with E-state index in [0.29, 0.717) is 18.6 Å². The molecular formula is C13H19FN2O. The van der Waals surface area contributed by atoms with Crippen molar-refractivity contribution in [2.24, 2.45) is 0 Å². The highest BCUT2D eigenvalue weighted by Crippen LogP contribution is 2.17. The molecule has 94 valence electrons. The summed E-state index contributed by atoms with van der Waals surface area (Å²) in [5.41, 5.74) is 0.823. The van der Waals surface area contributed by atoms with Crippen molar-refractivity contribution in [3.05, 3.63) is 29.6 Å². The lowest BCUT2D eigenvalue weighted by Gasteiger charge is -2.36. The molecule has 1 saturated heterocycles. The fourth-order valence-electron chi connectivity index (χ4n) is 2.55. The molecule has 2 unspecified atom stereocenters. The molecule has 1 aromatic carbocycles. The van der Waals surface area contributed by atoms with Gasteiger partial charge in [0.1, 0.15) is 11.6 Å². The van der Waals surface area contributed by atoms with Gasteiger partial charge in [-0.1, -0.05) is 0 Å². The summed E-state index contributed by atoms with van der Waals surface area (Å²) in [6.07, 6.45) is 0. The van der Waals surface area contributed by atoms with E-state index < -0.39 is 0 Å². The van der Waals surface area contributed by atoms with Gasteiger partial charge in [-0.25, -0.2) is 4.39 Å². The molecule has 1 aliphatic heterocycles. The molecule has 2 rings (SSSR count). The minimum atomic E-state index is -0.378. The van der Waals surface area contributed by atoms with Crippen LogP contribution in [0.2, 0.25) is 0 Å². The predicted octanol–water partition coefficient (Wildman–Crippen LogP) is 1.71. The Morgan fingerprint density at radius 2 is 1.94 bits per heavy atom. The minimum Gasteiger partial charge on any atom is -0.508 e. The summed E-state index contributed by atoms with van der Waals surface area (Å²) < 4.78 is 13.1. The molecular weight excluding hydrogens is 219 g/mol. The highest BCUT2D eigenvalue weighted by molar-refractivity contribution is 5.28. The van der Waals surface area contributed by atoms with Gasteiger partial charge in [0.2, 0.25) is 0 Å². The summed E-state index contributed by atoms with van der Waals surface area (Å²) in [7, 11) is 0. The van der Waals surface area contributed by atoms with E-state index in [0.717, 1.165) is 24.7 Å². The van der Waals surface area contributed by atoms with Crippen LogP contribution in [0.1, 0.15) is 19.4 Å². The number of phenols is 1. The zero-order chi connectivity index (χ0) is 12.4. The SMILES string of the molecule is CC1CN(Cc2cc(O)cc(F)c2)CC(C)N1. The van der Waals surface area contributed by atoms with Gasteiger partial charge in [-0.2, -0.15) is 0 Å². The molecule has 0 aromatic heterocycles. The average molecular weight is 238 g/mol. The Kier molecular flexibility index (Phi) is 3.64. The molecule has 0 bridgehead atoms. The average Bonchev–Trinajstić information content (AvgIpc) is 2.13. The molecule has 0 saturated carbocycles. The van der Waals surface area contributed by atoms with E-state index in [9.17, 15) is 9.50 Å². The molecule has 2 atom stereocenters. The molecule has 4 heteroatoms. The van der Waals surface area contributed by atoms with Crippen molar-refractivity contribution in [2.45, 2.75) is 32.5 Å². The van der Waals surface area contributed by atoms with Gasteiger partial charge in [-0.3, -0.25) is 4.90 Å². The molecule has 1 heterocycles. The second-order valence-corrected chi connectivity index (χ2v) is 4.98. The first kappa shape index (κ1) is 12.3. The number of phenolic OH excluding ortho intramolecular Hbond substituents is 1. The van der Waals surface area contributed by atoms with Gasteiger partial charge >= 0.3 is 0 Å². The Morgan fingerprint density at radius 1 is 1.29 bits per heavy atom. The van der Waals surface area contributed by atoms with Crippen molar-refractivity contribution in [1.29, 1.82) is 0 Å². The Morgan fingerprint density at radius 3 is 2.53 bits per heavy atom. The molecule has 0 aliphatic carbocycles.